The van der Waals surface area contributed by atoms with Crippen molar-refractivity contribution in [3.05, 3.63) is 69.5 Å². The van der Waals surface area contributed by atoms with E-state index in [-0.39, 0.29) is 41.8 Å². The molecule has 0 heterocycles. The number of phenols is 1. The van der Waals surface area contributed by atoms with Crippen molar-refractivity contribution in [1.29, 1.82) is 0 Å². The first-order valence-corrected chi connectivity index (χ1v) is 12.9. The molecule has 3 unspecified atom stereocenters. The maximum Gasteiger partial charge on any atom is 0.416 e. The molecule has 12 heteroatoms. The number of allylic oxidation sites excluding steroid dienone is 1. The summed E-state index contributed by atoms with van der Waals surface area (Å²) >= 11 is 0. The molecule has 41 heavy (non-hydrogen) atoms. The van der Waals surface area contributed by atoms with Gasteiger partial charge in [-0.05, 0) is 73.7 Å². The number of amides is 1. The molecule has 0 radical (unpaired) electrons. The second kappa shape index (κ2) is 9.74. The third kappa shape index (κ3) is 4.29. The fourth-order valence-corrected chi connectivity index (χ4v) is 6.64. The second-order valence-corrected chi connectivity index (χ2v) is 10.9. The first kappa shape index (κ1) is 28.4. The summed E-state index contributed by atoms with van der Waals surface area (Å²) in [5, 5.41) is 33.4. The zero-order valence-electron chi connectivity index (χ0n) is 22.1. The van der Waals surface area contributed by atoms with Crippen molar-refractivity contribution in [2.75, 3.05) is 14.1 Å². The van der Waals surface area contributed by atoms with Crippen molar-refractivity contribution in [3.63, 3.8) is 0 Å². The number of halogens is 3. The highest BCUT2D eigenvalue weighted by atomic mass is 19.4. The lowest BCUT2D eigenvalue weighted by Crippen LogP contribution is -2.55. The van der Waals surface area contributed by atoms with E-state index in [2.05, 4.69) is 0 Å². The van der Waals surface area contributed by atoms with Crippen LogP contribution in [0.5, 0.6) is 5.75 Å². The van der Waals surface area contributed by atoms with Crippen molar-refractivity contribution in [2.24, 2.45) is 29.2 Å². The van der Waals surface area contributed by atoms with Crippen LogP contribution in [0, 0.1) is 17.8 Å². The average Bonchev–Trinajstić information content (AvgIpc) is 2.87. The number of Topliss-reactive ketones (excluding diaryl/α,β-unsaturated/α-hetero) is 2. The number of carbonyl (C=O) groups is 3. The van der Waals surface area contributed by atoms with Gasteiger partial charge in [0.2, 0.25) is 0 Å². The molecule has 1 amide bonds. The minimum atomic E-state index is -4.54. The normalized spacial score (nSPS) is 24.4. The molecule has 4 atom stereocenters. The standard InChI is InChI=1S/C29H28F3N3O6/c1-35(2)22-17-8-12-7-16-15(11-3-5-14(6-4-11)29(30,31)32)9-13(10-33)23(36)19(16)24(37)18(12)25(38)20(17)26(39)21(27(22)40)28(34)41/h3-6,9,12,17,20,22,36-37,40H,7-8,10,33H2,1-2H3,(H2,34,41)/t12?,17?,20?,22-/m1/s1. The Morgan fingerprint density at radius 3 is 2.24 bits per heavy atom. The number of likely N-dealkylation sites (N-methyl/N-ethyl adjacent to an activating group) is 1. The summed E-state index contributed by atoms with van der Waals surface area (Å²) in [6, 6.07) is 5.07. The summed E-state index contributed by atoms with van der Waals surface area (Å²) in [5.41, 5.74) is 10.9. The Morgan fingerprint density at radius 2 is 1.71 bits per heavy atom. The number of nitrogens with zero attached hydrogens (tertiary/aromatic N) is 1. The van der Waals surface area contributed by atoms with Gasteiger partial charge in [-0.1, -0.05) is 12.1 Å². The maximum atomic E-state index is 13.9. The minimum absolute atomic E-state index is 0.0816. The minimum Gasteiger partial charge on any atom is -0.510 e. The number of rotatable bonds is 4. The molecule has 1 fully saturated rings. The van der Waals surface area contributed by atoms with Gasteiger partial charge in [-0.2, -0.15) is 13.2 Å². The summed E-state index contributed by atoms with van der Waals surface area (Å²) < 4.78 is 39.6. The van der Waals surface area contributed by atoms with Gasteiger partial charge in [0.25, 0.3) is 5.91 Å². The van der Waals surface area contributed by atoms with Crippen molar-refractivity contribution in [2.45, 2.75) is 31.6 Å². The van der Waals surface area contributed by atoms with Gasteiger partial charge in [-0.25, -0.2) is 0 Å². The molecule has 2 aromatic carbocycles. The average molecular weight is 572 g/mol. The number of alkyl halides is 3. The Balaban J connectivity index is 1.69. The summed E-state index contributed by atoms with van der Waals surface area (Å²) in [6.45, 7) is -0.174. The van der Waals surface area contributed by atoms with E-state index >= 15 is 0 Å². The molecule has 0 aliphatic heterocycles. The number of fused-ring (bicyclic) bond motifs is 3. The van der Waals surface area contributed by atoms with E-state index in [1.165, 1.54) is 12.1 Å². The zero-order chi connectivity index (χ0) is 30.1. The molecule has 1 saturated carbocycles. The summed E-state index contributed by atoms with van der Waals surface area (Å²) in [5.74, 6) is -7.14. The van der Waals surface area contributed by atoms with E-state index in [4.69, 9.17) is 11.5 Å². The first-order valence-electron chi connectivity index (χ1n) is 12.9. The van der Waals surface area contributed by atoms with Gasteiger partial charge in [0.15, 0.2) is 11.6 Å². The highest BCUT2D eigenvalue weighted by Gasteiger charge is 2.56. The molecule has 0 spiro atoms. The van der Waals surface area contributed by atoms with E-state index in [1.807, 2.05) is 0 Å². The van der Waals surface area contributed by atoms with Crippen LogP contribution < -0.4 is 11.5 Å². The molecule has 5 rings (SSSR count). The Morgan fingerprint density at radius 1 is 1.07 bits per heavy atom. The number of carbonyl (C=O) groups excluding carboxylic acids is 3. The van der Waals surface area contributed by atoms with Gasteiger partial charge in [0.05, 0.1) is 23.1 Å². The van der Waals surface area contributed by atoms with Gasteiger partial charge in [-0.15, -0.1) is 0 Å². The van der Waals surface area contributed by atoms with Gasteiger partial charge >= 0.3 is 6.18 Å². The quantitative estimate of drug-likeness (QED) is 0.276. The molecular formula is C29H28F3N3O6. The Kier molecular flexibility index (Phi) is 6.74. The molecule has 3 aliphatic rings. The van der Waals surface area contributed by atoms with Crippen molar-refractivity contribution in [3.8, 4) is 16.9 Å². The number of nitrogens with two attached hydrogens (primary N) is 2. The Hall–Kier alpha value is -4.16. The lowest BCUT2D eigenvalue weighted by Gasteiger charge is -2.46. The number of ketones is 2. The highest BCUT2D eigenvalue weighted by molar-refractivity contribution is 6.28. The van der Waals surface area contributed by atoms with Crippen LogP contribution in [0.15, 0.2) is 47.2 Å². The maximum absolute atomic E-state index is 13.9. The number of primary amides is 1. The van der Waals surface area contributed by atoms with Crippen LogP contribution in [0.1, 0.15) is 28.7 Å². The molecule has 216 valence electrons. The summed E-state index contributed by atoms with van der Waals surface area (Å²) in [7, 11) is 3.23. The number of phenolic OH excluding ortho intramolecular Hbond substituents is 1. The van der Waals surface area contributed by atoms with Crippen LogP contribution >= 0.6 is 0 Å². The second-order valence-electron chi connectivity index (χ2n) is 10.9. The number of aliphatic hydroxyl groups is 2. The van der Waals surface area contributed by atoms with E-state index in [9.17, 15) is 42.9 Å². The lowest BCUT2D eigenvalue weighted by atomic mass is 9.59. The van der Waals surface area contributed by atoms with Gasteiger partial charge in [-0.3, -0.25) is 19.3 Å². The van der Waals surface area contributed by atoms with Crippen LogP contribution in [-0.4, -0.2) is 57.8 Å². The van der Waals surface area contributed by atoms with Crippen molar-refractivity contribution < 1.29 is 42.9 Å². The van der Waals surface area contributed by atoms with E-state index < -0.39 is 70.1 Å². The van der Waals surface area contributed by atoms with Gasteiger partial charge in [0, 0.05) is 17.7 Å². The van der Waals surface area contributed by atoms with Gasteiger partial charge < -0.3 is 26.8 Å². The lowest BCUT2D eigenvalue weighted by molar-refractivity contribution is -0.138. The van der Waals surface area contributed by atoms with Gasteiger partial charge in [0.1, 0.15) is 22.8 Å². The molecule has 3 aliphatic carbocycles. The van der Waals surface area contributed by atoms with Crippen LogP contribution in [0.3, 0.4) is 0 Å². The Labute approximate surface area is 232 Å². The third-order valence-corrected chi connectivity index (χ3v) is 8.39. The van der Waals surface area contributed by atoms with Crippen LogP contribution in [-0.2, 0) is 33.5 Å². The SMILES string of the molecule is CN(C)[C@H]1C(O)=C(C(N)=O)C(=O)C2C(=O)C3=C(O)c4c(O)c(CN)cc(-c5ccc(C(F)(F)F)cc5)c4CC3CC21. The molecule has 0 saturated heterocycles. The van der Waals surface area contributed by atoms with Crippen molar-refractivity contribution in [1.82, 2.24) is 4.90 Å². The largest absolute Gasteiger partial charge is 0.510 e. The van der Waals surface area contributed by atoms with Crippen LogP contribution in [0.25, 0.3) is 16.9 Å². The number of aliphatic hydroxyl groups excluding tert-OH is 2. The predicted octanol–water partition coefficient (Wildman–Crippen LogP) is 2.99. The fraction of sp³-hybridized carbons (Fsp3) is 0.345. The molecule has 2 aromatic rings. The fourth-order valence-electron chi connectivity index (χ4n) is 6.64. The first-order chi connectivity index (χ1) is 19.2. The summed E-state index contributed by atoms with van der Waals surface area (Å²) in [6.07, 6.45) is -4.30. The van der Waals surface area contributed by atoms with Crippen LogP contribution in [0.2, 0.25) is 0 Å². The number of hydrogen-bond acceptors (Lipinski definition) is 8. The topological polar surface area (TPSA) is 167 Å². The molecule has 7 N–H and O–H groups in total. The monoisotopic (exact) mass is 571 g/mol. The highest BCUT2D eigenvalue weighted by Crippen LogP contribution is 2.52. The number of benzene rings is 2. The Bertz CT molecular complexity index is 1560. The van der Waals surface area contributed by atoms with E-state index in [0.29, 0.717) is 16.7 Å². The van der Waals surface area contributed by atoms with E-state index in [1.54, 1.807) is 25.1 Å². The molecule has 0 bridgehead atoms. The van der Waals surface area contributed by atoms with Crippen LogP contribution in [0.4, 0.5) is 13.2 Å². The number of hydrogen-bond donors (Lipinski definition) is 5. The van der Waals surface area contributed by atoms with Crippen molar-refractivity contribution >= 4 is 23.2 Å². The van der Waals surface area contributed by atoms with E-state index in [0.717, 1.165) is 12.1 Å². The third-order valence-electron chi connectivity index (χ3n) is 8.39. The molecular weight excluding hydrogens is 543 g/mol. The number of aromatic hydroxyl groups is 1. The zero-order valence-corrected chi connectivity index (χ0v) is 22.1. The molecule has 9 nitrogen and oxygen atoms in total. The summed E-state index contributed by atoms with van der Waals surface area (Å²) in [4.78, 5) is 40.9. The smallest absolute Gasteiger partial charge is 0.416 e. The molecule has 0 aromatic heterocycles. The predicted molar refractivity (Wildman–Crippen MR) is 141 cm³/mol.